The lowest BCUT2D eigenvalue weighted by atomic mass is 10.1. The van der Waals surface area contributed by atoms with Crippen molar-refractivity contribution in [3.8, 4) is 5.75 Å². The minimum absolute atomic E-state index is 0.130. The number of piperazine rings is 1. The van der Waals surface area contributed by atoms with Gasteiger partial charge in [-0.05, 0) is 18.9 Å². The van der Waals surface area contributed by atoms with E-state index < -0.39 is 0 Å². The lowest BCUT2D eigenvalue weighted by Crippen LogP contribution is -2.51. The van der Waals surface area contributed by atoms with Crippen molar-refractivity contribution >= 4 is 29.1 Å². The fourth-order valence-corrected chi connectivity index (χ4v) is 3.61. The number of likely N-dealkylation sites (tertiary alicyclic amines) is 1. The average Bonchev–Trinajstić information content (AvgIpc) is 3.18. The first-order chi connectivity index (χ1) is 12.5. The third-order valence-electron chi connectivity index (χ3n) is 5.03. The monoisotopic (exact) mass is 380 g/mol. The van der Waals surface area contributed by atoms with Crippen molar-refractivity contribution in [3.05, 3.63) is 22.7 Å². The molecule has 0 atom stereocenters. The molecule has 1 aromatic carbocycles. The number of carbonyl (C=O) groups is 2. The van der Waals surface area contributed by atoms with Crippen LogP contribution in [0.4, 0.5) is 5.69 Å². The number of hydrogen-bond donors (Lipinski definition) is 1. The smallest absolute Gasteiger partial charge is 0.257 e. The summed E-state index contributed by atoms with van der Waals surface area (Å²) in [5.41, 5.74) is 6.57. The molecule has 142 valence electrons. The van der Waals surface area contributed by atoms with Gasteiger partial charge in [-0.2, -0.15) is 0 Å². The number of ether oxygens (including phenoxy) is 1. The van der Waals surface area contributed by atoms with Crippen molar-refractivity contribution < 1.29 is 14.3 Å². The second-order valence-corrected chi connectivity index (χ2v) is 7.14. The molecule has 0 radical (unpaired) electrons. The third kappa shape index (κ3) is 4.04. The van der Waals surface area contributed by atoms with Gasteiger partial charge in [-0.15, -0.1) is 0 Å². The molecule has 2 aliphatic rings. The van der Waals surface area contributed by atoms with Gasteiger partial charge in [0.05, 0.1) is 29.9 Å². The van der Waals surface area contributed by atoms with Crippen LogP contribution in [0.1, 0.15) is 23.2 Å². The molecule has 2 heterocycles. The van der Waals surface area contributed by atoms with Crippen molar-refractivity contribution in [2.45, 2.75) is 12.8 Å². The zero-order chi connectivity index (χ0) is 18.7. The molecule has 26 heavy (non-hydrogen) atoms. The highest BCUT2D eigenvalue weighted by Crippen LogP contribution is 2.30. The Morgan fingerprint density at radius 1 is 1.08 bits per heavy atom. The van der Waals surface area contributed by atoms with E-state index in [1.807, 2.05) is 4.90 Å². The van der Waals surface area contributed by atoms with Gasteiger partial charge in [0.25, 0.3) is 5.91 Å². The van der Waals surface area contributed by atoms with Gasteiger partial charge in [0, 0.05) is 45.3 Å². The van der Waals surface area contributed by atoms with Crippen molar-refractivity contribution in [1.29, 1.82) is 0 Å². The summed E-state index contributed by atoms with van der Waals surface area (Å²) in [6, 6.07) is 3.13. The molecular formula is C18H25ClN4O3. The SMILES string of the molecule is COc1cc(N)c(Cl)cc1C(=O)N1CCN(CC(=O)N2CCCC2)CC1. The van der Waals surface area contributed by atoms with Crippen LogP contribution in [0.2, 0.25) is 5.02 Å². The van der Waals surface area contributed by atoms with Gasteiger partial charge in [0.2, 0.25) is 5.91 Å². The average molecular weight is 381 g/mol. The molecule has 2 fully saturated rings. The molecule has 8 heteroatoms. The lowest BCUT2D eigenvalue weighted by molar-refractivity contribution is -0.131. The number of hydrogen-bond acceptors (Lipinski definition) is 5. The second-order valence-electron chi connectivity index (χ2n) is 6.73. The number of anilines is 1. The van der Waals surface area contributed by atoms with Gasteiger partial charge in [-0.25, -0.2) is 0 Å². The van der Waals surface area contributed by atoms with Crippen LogP contribution >= 0.6 is 11.6 Å². The fourth-order valence-electron chi connectivity index (χ4n) is 3.44. The summed E-state index contributed by atoms with van der Waals surface area (Å²) in [4.78, 5) is 30.9. The van der Waals surface area contributed by atoms with Crippen molar-refractivity contribution in [3.63, 3.8) is 0 Å². The molecule has 0 unspecified atom stereocenters. The Labute approximate surface area is 158 Å². The highest BCUT2D eigenvalue weighted by Gasteiger charge is 2.27. The normalized spacial score (nSPS) is 18.2. The van der Waals surface area contributed by atoms with E-state index in [-0.39, 0.29) is 11.8 Å². The van der Waals surface area contributed by atoms with Gasteiger partial charge in [0.1, 0.15) is 5.75 Å². The predicted molar refractivity (Wildman–Crippen MR) is 101 cm³/mol. The summed E-state index contributed by atoms with van der Waals surface area (Å²) in [7, 11) is 1.50. The maximum absolute atomic E-state index is 12.8. The molecule has 0 saturated carbocycles. The third-order valence-corrected chi connectivity index (χ3v) is 5.35. The molecule has 2 aliphatic heterocycles. The zero-order valence-electron chi connectivity index (χ0n) is 15.0. The van der Waals surface area contributed by atoms with Crippen LogP contribution in [0.25, 0.3) is 0 Å². The number of nitrogen functional groups attached to an aromatic ring is 1. The number of carbonyl (C=O) groups excluding carboxylic acids is 2. The number of nitrogens with zero attached hydrogens (tertiary/aromatic N) is 3. The quantitative estimate of drug-likeness (QED) is 0.797. The standard InChI is InChI=1S/C18H25ClN4O3/c1-26-16-11-15(20)14(19)10-13(16)18(25)23-8-6-21(7-9-23)12-17(24)22-4-2-3-5-22/h10-11H,2-9,12,20H2,1H3. The molecule has 1 aromatic rings. The van der Waals surface area contributed by atoms with Crippen LogP contribution < -0.4 is 10.5 Å². The molecule has 0 bridgehead atoms. The number of nitrogens with two attached hydrogens (primary N) is 1. The van der Waals surface area contributed by atoms with E-state index in [9.17, 15) is 9.59 Å². The minimum atomic E-state index is -0.130. The van der Waals surface area contributed by atoms with Crippen LogP contribution in [0.3, 0.4) is 0 Å². The summed E-state index contributed by atoms with van der Waals surface area (Å²) in [5, 5.41) is 0.337. The minimum Gasteiger partial charge on any atom is -0.496 e. The summed E-state index contributed by atoms with van der Waals surface area (Å²) < 4.78 is 5.28. The summed E-state index contributed by atoms with van der Waals surface area (Å²) in [6.45, 7) is 4.66. The molecule has 3 rings (SSSR count). The molecule has 2 saturated heterocycles. The number of halogens is 1. The van der Waals surface area contributed by atoms with Crippen molar-refractivity contribution in [2.24, 2.45) is 0 Å². The highest BCUT2D eigenvalue weighted by molar-refractivity contribution is 6.33. The van der Waals surface area contributed by atoms with Gasteiger partial charge >= 0.3 is 0 Å². The molecule has 7 nitrogen and oxygen atoms in total. The summed E-state index contributed by atoms with van der Waals surface area (Å²) >= 11 is 6.07. The number of amides is 2. The van der Waals surface area contributed by atoms with E-state index >= 15 is 0 Å². The van der Waals surface area contributed by atoms with E-state index in [4.69, 9.17) is 22.1 Å². The largest absolute Gasteiger partial charge is 0.496 e. The van der Waals surface area contributed by atoms with Crippen LogP contribution in [0.5, 0.6) is 5.75 Å². The molecule has 2 amide bonds. The fraction of sp³-hybridized carbons (Fsp3) is 0.556. The molecule has 2 N–H and O–H groups in total. The van der Waals surface area contributed by atoms with Crippen LogP contribution in [-0.4, -0.2) is 79.4 Å². The van der Waals surface area contributed by atoms with E-state index in [1.165, 1.54) is 7.11 Å². The Kier molecular flexibility index (Phi) is 5.88. The first-order valence-electron chi connectivity index (χ1n) is 8.92. The summed E-state index contributed by atoms with van der Waals surface area (Å²) in [5.74, 6) is 0.479. The topological polar surface area (TPSA) is 79.1 Å². The Balaban J connectivity index is 1.58. The summed E-state index contributed by atoms with van der Waals surface area (Å²) in [6.07, 6.45) is 2.19. The van der Waals surface area contributed by atoms with Crippen molar-refractivity contribution in [2.75, 3.05) is 58.7 Å². The van der Waals surface area contributed by atoms with Crippen molar-refractivity contribution in [1.82, 2.24) is 14.7 Å². The predicted octanol–water partition coefficient (Wildman–Crippen LogP) is 1.31. The molecular weight excluding hydrogens is 356 g/mol. The Bertz CT molecular complexity index is 683. The van der Waals surface area contributed by atoms with Gasteiger partial charge in [0.15, 0.2) is 0 Å². The van der Waals surface area contributed by atoms with Gasteiger partial charge < -0.3 is 20.3 Å². The first-order valence-corrected chi connectivity index (χ1v) is 9.30. The van der Waals surface area contributed by atoms with E-state index in [2.05, 4.69) is 4.90 Å². The Hall–Kier alpha value is -1.99. The number of benzene rings is 1. The van der Waals surface area contributed by atoms with E-state index in [0.717, 1.165) is 25.9 Å². The lowest BCUT2D eigenvalue weighted by Gasteiger charge is -2.35. The van der Waals surface area contributed by atoms with Crippen LogP contribution in [0.15, 0.2) is 12.1 Å². The molecule has 0 aliphatic carbocycles. The maximum atomic E-state index is 12.8. The van der Waals surface area contributed by atoms with Crippen LogP contribution in [0, 0.1) is 0 Å². The molecule has 0 aromatic heterocycles. The second kappa shape index (κ2) is 8.14. The molecule has 0 spiro atoms. The maximum Gasteiger partial charge on any atom is 0.257 e. The van der Waals surface area contributed by atoms with E-state index in [1.54, 1.807) is 17.0 Å². The Morgan fingerprint density at radius 3 is 2.35 bits per heavy atom. The highest BCUT2D eigenvalue weighted by atomic mass is 35.5. The Morgan fingerprint density at radius 2 is 1.73 bits per heavy atom. The van der Waals surface area contributed by atoms with Gasteiger partial charge in [-0.3, -0.25) is 14.5 Å². The van der Waals surface area contributed by atoms with Crippen LogP contribution in [-0.2, 0) is 4.79 Å². The number of rotatable bonds is 4. The zero-order valence-corrected chi connectivity index (χ0v) is 15.8. The van der Waals surface area contributed by atoms with Gasteiger partial charge in [-0.1, -0.05) is 11.6 Å². The first kappa shape index (κ1) is 18.8. The number of methoxy groups -OCH3 is 1. The van der Waals surface area contributed by atoms with E-state index in [0.29, 0.717) is 54.7 Å².